The Bertz CT molecular complexity index is 1060. The molecule has 2 fully saturated rings. The predicted octanol–water partition coefficient (Wildman–Crippen LogP) is 4.54. The quantitative estimate of drug-likeness (QED) is 0.543. The molecule has 2 aromatic rings. The van der Waals surface area contributed by atoms with Gasteiger partial charge in [0.1, 0.15) is 17.9 Å². The van der Waals surface area contributed by atoms with Crippen LogP contribution < -0.4 is 15.8 Å². The maximum Gasteiger partial charge on any atom is 0.137 e. The molecule has 0 amide bonds. The van der Waals surface area contributed by atoms with E-state index in [1.54, 1.807) is 0 Å². The van der Waals surface area contributed by atoms with Crippen molar-refractivity contribution >= 4 is 11.3 Å². The van der Waals surface area contributed by atoms with Gasteiger partial charge in [0.2, 0.25) is 0 Å². The summed E-state index contributed by atoms with van der Waals surface area (Å²) in [5.41, 5.74) is 10.3. The van der Waals surface area contributed by atoms with Gasteiger partial charge in [-0.25, -0.2) is 0 Å². The van der Waals surface area contributed by atoms with Crippen LogP contribution >= 0.6 is 0 Å². The lowest BCUT2D eigenvalue weighted by Crippen LogP contribution is -2.30. The number of benzene rings is 1. The summed E-state index contributed by atoms with van der Waals surface area (Å²) >= 11 is 0. The number of ether oxygens (including phenoxy) is 3. The average Bonchev–Trinajstić information content (AvgIpc) is 3.38. The van der Waals surface area contributed by atoms with Crippen LogP contribution in [-0.2, 0) is 9.47 Å². The molecule has 2 aliphatic heterocycles. The van der Waals surface area contributed by atoms with E-state index >= 15 is 0 Å². The maximum absolute atomic E-state index is 9.69. The number of allylic oxidation sites excluding steroid dienone is 3. The molecular formula is C28H41N5O3. The van der Waals surface area contributed by atoms with Crippen LogP contribution in [-0.4, -0.2) is 56.4 Å². The Morgan fingerprint density at radius 3 is 2.44 bits per heavy atom. The molecule has 36 heavy (non-hydrogen) atoms. The molecule has 8 nitrogen and oxygen atoms in total. The van der Waals surface area contributed by atoms with Gasteiger partial charge in [-0.1, -0.05) is 19.9 Å². The Labute approximate surface area is 215 Å². The molecule has 1 aromatic carbocycles. The second-order valence-corrected chi connectivity index (χ2v) is 8.27. The van der Waals surface area contributed by atoms with E-state index in [-0.39, 0.29) is 6.10 Å². The molecule has 3 N–H and O–H groups in total. The summed E-state index contributed by atoms with van der Waals surface area (Å²) in [6.45, 7) is 11.0. The number of hydrogen-bond donors (Lipinski definition) is 2. The van der Waals surface area contributed by atoms with Crippen molar-refractivity contribution in [3.63, 3.8) is 0 Å². The van der Waals surface area contributed by atoms with Crippen molar-refractivity contribution in [2.45, 2.75) is 52.7 Å². The highest BCUT2D eigenvalue weighted by molar-refractivity contribution is 5.75. The third-order valence-electron chi connectivity index (χ3n) is 6.12. The van der Waals surface area contributed by atoms with E-state index in [1.807, 2.05) is 56.2 Å². The Kier molecular flexibility index (Phi) is 12.2. The van der Waals surface area contributed by atoms with Gasteiger partial charge in [-0.2, -0.15) is 10.4 Å². The molecule has 4 rings (SSSR count). The van der Waals surface area contributed by atoms with Gasteiger partial charge in [0.05, 0.1) is 44.2 Å². The Morgan fingerprint density at radius 2 is 1.86 bits per heavy atom. The first kappa shape index (κ1) is 29.1. The van der Waals surface area contributed by atoms with Crippen LogP contribution in [0.2, 0.25) is 0 Å². The molecule has 0 saturated carbocycles. The molecule has 0 bridgehead atoms. The van der Waals surface area contributed by atoms with Crippen molar-refractivity contribution in [2.75, 3.05) is 40.5 Å². The molecule has 0 spiro atoms. The lowest BCUT2D eigenvalue weighted by Gasteiger charge is -2.25. The first-order valence-corrected chi connectivity index (χ1v) is 12.6. The number of aromatic nitrogens is 2. The predicted molar refractivity (Wildman–Crippen MR) is 144 cm³/mol. The van der Waals surface area contributed by atoms with Gasteiger partial charge >= 0.3 is 0 Å². The van der Waals surface area contributed by atoms with E-state index in [1.165, 1.54) is 7.05 Å². The topological polar surface area (TPSA) is 107 Å². The summed E-state index contributed by atoms with van der Waals surface area (Å²) in [7, 11) is 3.41. The summed E-state index contributed by atoms with van der Waals surface area (Å²) in [6.07, 6.45) is 7.85. The van der Waals surface area contributed by atoms with Crippen LogP contribution in [0.1, 0.15) is 63.3 Å². The van der Waals surface area contributed by atoms with E-state index in [4.69, 9.17) is 14.2 Å². The van der Waals surface area contributed by atoms with Gasteiger partial charge < -0.3 is 25.3 Å². The summed E-state index contributed by atoms with van der Waals surface area (Å²) in [5, 5.41) is 17.4. The molecule has 0 aliphatic carbocycles. The molecule has 0 radical (unpaired) electrons. The zero-order valence-corrected chi connectivity index (χ0v) is 22.5. The van der Waals surface area contributed by atoms with E-state index in [0.29, 0.717) is 43.8 Å². The van der Waals surface area contributed by atoms with Crippen LogP contribution in [0, 0.1) is 11.3 Å². The monoisotopic (exact) mass is 495 g/mol. The third kappa shape index (κ3) is 7.44. The van der Waals surface area contributed by atoms with Gasteiger partial charge in [0.25, 0.3) is 0 Å². The molecule has 2 saturated heterocycles. The minimum absolute atomic E-state index is 0.105. The van der Waals surface area contributed by atoms with E-state index in [2.05, 4.69) is 42.1 Å². The number of nitrogens with one attached hydrogen (secondary N) is 1. The molecule has 2 aliphatic rings. The summed E-state index contributed by atoms with van der Waals surface area (Å²) < 4.78 is 18.7. The molecule has 0 atom stereocenters. The number of nitrogens with two attached hydrogens (primary N) is 1. The minimum Gasteiger partial charge on any atom is -0.489 e. The Morgan fingerprint density at radius 1 is 1.17 bits per heavy atom. The van der Waals surface area contributed by atoms with Crippen LogP contribution in [0.3, 0.4) is 0 Å². The Balaban J connectivity index is 0.00000109. The lowest BCUT2D eigenvalue weighted by molar-refractivity contribution is -0.0286. The fourth-order valence-electron chi connectivity index (χ4n) is 3.83. The second-order valence-electron chi connectivity index (χ2n) is 8.27. The normalized spacial score (nSPS) is 16.8. The van der Waals surface area contributed by atoms with Crippen LogP contribution in [0.4, 0.5) is 0 Å². The molecule has 1 aromatic heterocycles. The fourth-order valence-corrected chi connectivity index (χ4v) is 3.83. The third-order valence-corrected chi connectivity index (χ3v) is 6.12. The van der Waals surface area contributed by atoms with Gasteiger partial charge in [0.15, 0.2) is 0 Å². The molecule has 0 unspecified atom stereocenters. The first-order valence-electron chi connectivity index (χ1n) is 12.6. The van der Waals surface area contributed by atoms with Crippen molar-refractivity contribution < 1.29 is 14.2 Å². The zero-order chi connectivity index (χ0) is 26.5. The molecular weight excluding hydrogens is 454 g/mol. The Hall–Kier alpha value is -3.12. The van der Waals surface area contributed by atoms with Crippen molar-refractivity contribution in [2.24, 2.45) is 5.73 Å². The van der Waals surface area contributed by atoms with Gasteiger partial charge in [-0.3, -0.25) is 4.68 Å². The highest BCUT2D eigenvalue weighted by atomic mass is 16.5. The standard InChI is InChI=1S/C25H30N4O3.C2H6.CH5N/c1-17(10-24(27-3)21-13-28-29(14-21)22-15-31-16-22)18(2)19-4-5-25(20(11-19)12-26)32-23-6-8-30-9-7-23;2*1-2/h4-5,10-11,13-14,22-23,27H,6-9,15-16H2,1-3H3;1-2H3;2H2,1H3/b18-17-,24-10-;;. The van der Waals surface area contributed by atoms with Gasteiger partial charge in [-0.05, 0) is 55.8 Å². The minimum atomic E-state index is 0.105. The fraction of sp³-hybridized carbons (Fsp3) is 0.500. The summed E-state index contributed by atoms with van der Waals surface area (Å²) in [4.78, 5) is 0. The summed E-state index contributed by atoms with van der Waals surface area (Å²) in [6, 6.07) is 8.46. The SMILES string of the molecule is CC.CN.CN/C(=C\C(C)=C(\C)c1ccc(OC2CCOCC2)c(C#N)c1)c1cnn(C2COC2)c1. The first-order chi connectivity index (χ1) is 17.6. The second kappa shape index (κ2) is 15.1. The van der Waals surface area contributed by atoms with Crippen molar-refractivity contribution in [1.29, 1.82) is 5.26 Å². The number of nitrogens with zero attached hydrogens (tertiary/aromatic N) is 3. The maximum atomic E-state index is 9.69. The van der Waals surface area contributed by atoms with Crippen LogP contribution in [0.15, 0.2) is 42.2 Å². The van der Waals surface area contributed by atoms with E-state index < -0.39 is 0 Å². The largest absolute Gasteiger partial charge is 0.489 e. The van der Waals surface area contributed by atoms with Crippen molar-refractivity contribution in [3.8, 4) is 11.8 Å². The number of nitriles is 1. The van der Waals surface area contributed by atoms with E-state index in [0.717, 1.165) is 40.8 Å². The number of hydrogen-bond acceptors (Lipinski definition) is 7. The van der Waals surface area contributed by atoms with E-state index in [9.17, 15) is 5.26 Å². The zero-order valence-electron chi connectivity index (χ0n) is 22.5. The van der Waals surface area contributed by atoms with Crippen molar-refractivity contribution in [3.05, 3.63) is 58.9 Å². The van der Waals surface area contributed by atoms with Crippen LogP contribution in [0.5, 0.6) is 5.75 Å². The molecule has 3 heterocycles. The van der Waals surface area contributed by atoms with Crippen molar-refractivity contribution in [1.82, 2.24) is 15.1 Å². The smallest absolute Gasteiger partial charge is 0.137 e. The van der Waals surface area contributed by atoms with Gasteiger partial charge in [-0.15, -0.1) is 0 Å². The molecule has 8 heteroatoms. The lowest BCUT2D eigenvalue weighted by atomic mass is 9.99. The highest BCUT2D eigenvalue weighted by Crippen LogP contribution is 2.28. The highest BCUT2D eigenvalue weighted by Gasteiger charge is 2.21. The summed E-state index contributed by atoms with van der Waals surface area (Å²) in [5.74, 6) is 0.646. The van der Waals surface area contributed by atoms with Gasteiger partial charge in [0, 0.05) is 37.3 Å². The molecule has 196 valence electrons. The average molecular weight is 496 g/mol. The number of rotatable bonds is 7. The van der Waals surface area contributed by atoms with Crippen LogP contribution in [0.25, 0.3) is 11.3 Å².